The Hall–Kier alpha value is -1.29. The molecular formula is C10H14O3S. The summed E-state index contributed by atoms with van der Waals surface area (Å²) in [6.45, 7) is 7.20. The van der Waals surface area contributed by atoms with Gasteiger partial charge in [-0.3, -0.25) is 0 Å². The number of aryl methyl sites for hydroxylation is 2. The van der Waals surface area contributed by atoms with Crippen LogP contribution >= 0.6 is 0 Å². The molecule has 0 aliphatic rings. The third-order valence-corrected chi connectivity index (χ3v) is 1.66. The summed E-state index contributed by atoms with van der Waals surface area (Å²) in [6.07, 6.45) is 0.853. The lowest BCUT2D eigenvalue weighted by Gasteiger charge is -1.90. The second-order valence-electron chi connectivity index (χ2n) is 2.65. The molecule has 0 unspecified atom stereocenters. The molecule has 0 atom stereocenters. The van der Waals surface area contributed by atoms with Gasteiger partial charge in [0.05, 0.1) is 6.26 Å². The van der Waals surface area contributed by atoms with E-state index in [9.17, 15) is 8.42 Å². The fourth-order valence-electron chi connectivity index (χ4n) is 0.868. The Morgan fingerprint density at radius 1 is 1.29 bits per heavy atom. The van der Waals surface area contributed by atoms with Gasteiger partial charge in [-0.05, 0) is 13.8 Å². The number of hydrogen-bond donors (Lipinski definition) is 1. The molecule has 0 bridgehead atoms. The van der Waals surface area contributed by atoms with Gasteiger partial charge in [0.1, 0.15) is 0 Å². The SMILES string of the molecule is C=CO[SH](=O)=O.Cc1cccc(C)c1. The van der Waals surface area contributed by atoms with Gasteiger partial charge >= 0.3 is 0 Å². The smallest absolute Gasteiger partial charge is 0.298 e. The lowest BCUT2D eigenvalue weighted by molar-refractivity contribution is 0.468. The zero-order chi connectivity index (χ0) is 11.0. The molecule has 0 heterocycles. The molecule has 0 fully saturated rings. The summed E-state index contributed by atoms with van der Waals surface area (Å²) in [5.41, 5.74) is 2.68. The van der Waals surface area contributed by atoms with Crippen LogP contribution < -0.4 is 0 Å². The van der Waals surface area contributed by atoms with E-state index in [0.717, 1.165) is 6.26 Å². The summed E-state index contributed by atoms with van der Waals surface area (Å²) in [5.74, 6) is 0. The minimum atomic E-state index is -2.72. The molecule has 0 saturated carbocycles. The van der Waals surface area contributed by atoms with E-state index in [1.165, 1.54) is 11.1 Å². The van der Waals surface area contributed by atoms with Crippen molar-refractivity contribution in [2.45, 2.75) is 13.8 Å². The van der Waals surface area contributed by atoms with Crippen LogP contribution in [0.25, 0.3) is 0 Å². The lowest BCUT2D eigenvalue weighted by atomic mass is 10.2. The minimum Gasteiger partial charge on any atom is -0.393 e. The maximum absolute atomic E-state index is 9.34. The summed E-state index contributed by atoms with van der Waals surface area (Å²) in [5, 5.41) is 0. The second kappa shape index (κ2) is 7.15. The van der Waals surface area contributed by atoms with Crippen LogP contribution in [-0.2, 0) is 15.2 Å². The van der Waals surface area contributed by atoms with Crippen molar-refractivity contribution in [2.24, 2.45) is 0 Å². The Labute approximate surface area is 86.2 Å². The van der Waals surface area contributed by atoms with Gasteiger partial charge in [-0.2, -0.15) is 8.42 Å². The third kappa shape index (κ3) is 7.36. The Morgan fingerprint density at radius 2 is 1.79 bits per heavy atom. The van der Waals surface area contributed by atoms with E-state index in [1.54, 1.807) is 0 Å². The Balaban J connectivity index is 0.000000255. The van der Waals surface area contributed by atoms with E-state index in [4.69, 9.17) is 0 Å². The first kappa shape index (κ1) is 12.7. The molecule has 1 aromatic carbocycles. The van der Waals surface area contributed by atoms with Gasteiger partial charge in [0.2, 0.25) is 0 Å². The fraction of sp³-hybridized carbons (Fsp3) is 0.200. The van der Waals surface area contributed by atoms with Gasteiger partial charge in [0.15, 0.2) is 0 Å². The van der Waals surface area contributed by atoms with Crippen molar-refractivity contribution in [3.63, 3.8) is 0 Å². The zero-order valence-corrected chi connectivity index (χ0v) is 9.16. The van der Waals surface area contributed by atoms with Crippen LogP contribution in [0, 0.1) is 13.8 Å². The highest BCUT2D eigenvalue weighted by atomic mass is 32.2. The summed E-state index contributed by atoms with van der Waals surface area (Å²) in [6, 6.07) is 8.45. The third-order valence-electron chi connectivity index (χ3n) is 1.33. The topological polar surface area (TPSA) is 43.4 Å². The Bertz CT molecular complexity index is 331. The fourth-order valence-corrected chi connectivity index (χ4v) is 0.990. The van der Waals surface area contributed by atoms with E-state index >= 15 is 0 Å². The van der Waals surface area contributed by atoms with E-state index < -0.39 is 11.0 Å². The van der Waals surface area contributed by atoms with Crippen LogP contribution in [0.5, 0.6) is 0 Å². The van der Waals surface area contributed by atoms with Crippen molar-refractivity contribution >= 4 is 11.0 Å². The highest BCUT2D eigenvalue weighted by Crippen LogP contribution is 2.00. The van der Waals surface area contributed by atoms with E-state index in [-0.39, 0.29) is 0 Å². The first-order valence-corrected chi connectivity index (χ1v) is 5.11. The first-order valence-electron chi connectivity index (χ1n) is 4.01. The molecule has 4 heteroatoms. The molecule has 3 nitrogen and oxygen atoms in total. The number of hydrogen-bond acceptors (Lipinski definition) is 3. The molecule has 0 radical (unpaired) electrons. The molecule has 0 spiro atoms. The molecule has 14 heavy (non-hydrogen) atoms. The summed E-state index contributed by atoms with van der Waals surface area (Å²) >= 11 is 0. The first-order chi connectivity index (χ1) is 6.56. The van der Waals surface area contributed by atoms with Gasteiger partial charge in [0, 0.05) is 0 Å². The van der Waals surface area contributed by atoms with Gasteiger partial charge in [-0.15, -0.1) is 0 Å². The number of rotatable bonds is 2. The predicted octanol–water partition coefficient (Wildman–Crippen LogP) is 1.98. The van der Waals surface area contributed by atoms with Crippen molar-refractivity contribution in [1.29, 1.82) is 0 Å². The van der Waals surface area contributed by atoms with Gasteiger partial charge < -0.3 is 4.18 Å². The lowest BCUT2D eigenvalue weighted by Crippen LogP contribution is -1.71. The summed E-state index contributed by atoms with van der Waals surface area (Å²) < 4.78 is 22.4. The minimum absolute atomic E-state index is 0.853. The number of thiol groups is 1. The molecule has 0 aliphatic carbocycles. The second-order valence-corrected chi connectivity index (χ2v) is 3.31. The van der Waals surface area contributed by atoms with E-state index in [1.807, 2.05) is 0 Å². The van der Waals surface area contributed by atoms with Crippen molar-refractivity contribution in [3.05, 3.63) is 48.2 Å². The summed E-state index contributed by atoms with van der Waals surface area (Å²) in [7, 11) is -2.72. The van der Waals surface area contributed by atoms with Crippen LogP contribution in [-0.4, -0.2) is 8.42 Å². The molecule has 1 aromatic rings. The Kier molecular flexibility index (Phi) is 6.49. The Morgan fingerprint density at radius 3 is 1.93 bits per heavy atom. The van der Waals surface area contributed by atoms with Crippen molar-refractivity contribution < 1.29 is 12.6 Å². The average molecular weight is 214 g/mol. The molecule has 0 saturated heterocycles. The predicted molar refractivity (Wildman–Crippen MR) is 57.5 cm³/mol. The number of benzene rings is 1. The van der Waals surface area contributed by atoms with E-state index in [2.05, 4.69) is 48.9 Å². The molecule has 1 rings (SSSR count). The van der Waals surface area contributed by atoms with E-state index in [0.29, 0.717) is 0 Å². The molecule has 0 N–H and O–H groups in total. The molecule has 78 valence electrons. The summed E-state index contributed by atoms with van der Waals surface area (Å²) in [4.78, 5) is 0. The highest BCUT2D eigenvalue weighted by Gasteiger charge is 1.80. The van der Waals surface area contributed by atoms with Gasteiger partial charge in [0.25, 0.3) is 11.0 Å². The maximum atomic E-state index is 9.34. The zero-order valence-electron chi connectivity index (χ0n) is 8.27. The van der Waals surface area contributed by atoms with Gasteiger partial charge in [-0.1, -0.05) is 42.0 Å². The largest absolute Gasteiger partial charge is 0.393 e. The molecule has 0 amide bonds. The molecule has 0 aliphatic heterocycles. The van der Waals surface area contributed by atoms with Gasteiger partial charge in [-0.25, -0.2) is 0 Å². The maximum Gasteiger partial charge on any atom is 0.298 e. The van der Waals surface area contributed by atoms with Crippen LogP contribution in [0.15, 0.2) is 37.1 Å². The van der Waals surface area contributed by atoms with Crippen LogP contribution in [0.2, 0.25) is 0 Å². The quantitative estimate of drug-likeness (QED) is 0.604. The standard InChI is InChI=1S/C8H10.C2H4O3S/c1-7-4-3-5-8(2)6-7;1-2-5-6(3)4/h3-6H,1-2H3;2,6H,1H2. The van der Waals surface area contributed by atoms with Crippen LogP contribution in [0.4, 0.5) is 0 Å². The molecule has 0 aromatic heterocycles. The normalized spacial score (nSPS) is 8.79. The van der Waals surface area contributed by atoms with Crippen molar-refractivity contribution in [2.75, 3.05) is 0 Å². The van der Waals surface area contributed by atoms with Crippen LogP contribution in [0.3, 0.4) is 0 Å². The highest BCUT2D eigenvalue weighted by molar-refractivity contribution is 7.67. The molecular weight excluding hydrogens is 200 g/mol. The van der Waals surface area contributed by atoms with Crippen molar-refractivity contribution in [1.82, 2.24) is 0 Å². The average Bonchev–Trinajstić information content (AvgIpc) is 2.03. The van der Waals surface area contributed by atoms with Crippen molar-refractivity contribution in [3.8, 4) is 0 Å². The van der Waals surface area contributed by atoms with Crippen LogP contribution in [0.1, 0.15) is 11.1 Å². The monoisotopic (exact) mass is 214 g/mol.